The Kier molecular flexibility index (Phi) is 6.11. The minimum Gasteiger partial charge on any atom is -0.458 e. The third-order valence-electron chi connectivity index (χ3n) is 11.3. The molecule has 0 amide bonds. The van der Waals surface area contributed by atoms with Gasteiger partial charge in [-0.25, -0.2) is 4.79 Å². The van der Waals surface area contributed by atoms with Crippen LogP contribution in [0.15, 0.2) is 23.3 Å². The highest BCUT2D eigenvalue weighted by molar-refractivity contribution is 5.97. The molecule has 1 aliphatic heterocycles. The van der Waals surface area contributed by atoms with E-state index in [2.05, 4.69) is 6.92 Å². The number of hydrogen-bond acceptors (Lipinski definition) is 7. The van der Waals surface area contributed by atoms with E-state index >= 15 is 0 Å². The van der Waals surface area contributed by atoms with Crippen molar-refractivity contribution in [2.75, 3.05) is 13.2 Å². The molecular formula is C28H40O7. The van der Waals surface area contributed by atoms with Gasteiger partial charge in [0, 0.05) is 18.9 Å². The van der Waals surface area contributed by atoms with Gasteiger partial charge in [-0.05, 0) is 87.5 Å². The molecule has 7 heteroatoms. The summed E-state index contributed by atoms with van der Waals surface area (Å²) in [5, 5.41) is 42.7. The van der Waals surface area contributed by atoms with Crippen LogP contribution < -0.4 is 0 Å². The van der Waals surface area contributed by atoms with Crippen LogP contribution in [0.3, 0.4) is 0 Å². The summed E-state index contributed by atoms with van der Waals surface area (Å²) in [6.45, 7) is 5.57. The third-order valence-corrected chi connectivity index (χ3v) is 11.3. The fourth-order valence-electron chi connectivity index (χ4n) is 9.25. The minimum atomic E-state index is -1.43. The molecule has 1 unspecified atom stereocenters. The first-order chi connectivity index (χ1) is 16.5. The van der Waals surface area contributed by atoms with Gasteiger partial charge in [0.1, 0.15) is 11.7 Å². The molecule has 194 valence electrons. The van der Waals surface area contributed by atoms with Gasteiger partial charge in [0.25, 0.3) is 0 Å². The summed E-state index contributed by atoms with van der Waals surface area (Å²) >= 11 is 0. The second-order valence-corrected chi connectivity index (χ2v) is 12.4. The molecular weight excluding hydrogens is 448 g/mol. The molecule has 3 saturated carbocycles. The van der Waals surface area contributed by atoms with Crippen molar-refractivity contribution in [3.8, 4) is 0 Å². The molecule has 0 aromatic carbocycles. The van der Waals surface area contributed by atoms with Gasteiger partial charge in [0.15, 0.2) is 5.78 Å². The summed E-state index contributed by atoms with van der Waals surface area (Å²) in [5.74, 6) is -0.252. The van der Waals surface area contributed by atoms with Crippen LogP contribution in [-0.2, 0) is 14.3 Å². The number of ether oxygens (including phenoxy) is 1. The van der Waals surface area contributed by atoms with Gasteiger partial charge >= 0.3 is 5.97 Å². The zero-order chi connectivity index (χ0) is 25.3. The van der Waals surface area contributed by atoms with Gasteiger partial charge in [-0.2, -0.15) is 0 Å². The Hall–Kier alpha value is -1.54. The lowest BCUT2D eigenvalue weighted by Gasteiger charge is -2.63. The lowest BCUT2D eigenvalue weighted by molar-refractivity contribution is -0.232. The molecule has 0 radical (unpaired) electrons. The zero-order valence-electron chi connectivity index (χ0n) is 21.1. The quantitative estimate of drug-likeness (QED) is 0.448. The van der Waals surface area contributed by atoms with E-state index in [9.17, 15) is 30.0 Å². The molecule has 10 atom stereocenters. The van der Waals surface area contributed by atoms with Crippen LogP contribution in [0.4, 0.5) is 0 Å². The molecule has 0 aromatic rings. The van der Waals surface area contributed by atoms with E-state index in [4.69, 9.17) is 4.74 Å². The van der Waals surface area contributed by atoms with E-state index in [1.807, 2.05) is 13.8 Å². The maximum Gasteiger partial charge on any atom is 0.336 e. The number of cyclic esters (lactones) is 1. The van der Waals surface area contributed by atoms with Crippen LogP contribution in [0.25, 0.3) is 0 Å². The summed E-state index contributed by atoms with van der Waals surface area (Å²) in [4.78, 5) is 25.7. The lowest BCUT2D eigenvalue weighted by Crippen LogP contribution is -2.69. The molecule has 1 heterocycles. The number of ketones is 1. The Bertz CT molecular complexity index is 970. The van der Waals surface area contributed by atoms with E-state index in [0.717, 1.165) is 31.3 Å². The van der Waals surface area contributed by atoms with Crippen molar-refractivity contribution in [3.63, 3.8) is 0 Å². The van der Waals surface area contributed by atoms with Crippen molar-refractivity contribution < 1.29 is 34.8 Å². The Morgan fingerprint density at radius 1 is 1.14 bits per heavy atom. The van der Waals surface area contributed by atoms with Crippen LogP contribution in [0, 0.1) is 40.4 Å². The van der Waals surface area contributed by atoms with Crippen LogP contribution in [0.5, 0.6) is 0 Å². The highest BCUT2D eigenvalue weighted by Crippen LogP contribution is 2.68. The minimum absolute atomic E-state index is 0.00236. The summed E-state index contributed by atoms with van der Waals surface area (Å²) in [6, 6.07) is 0. The van der Waals surface area contributed by atoms with Crippen molar-refractivity contribution in [2.24, 2.45) is 40.4 Å². The summed E-state index contributed by atoms with van der Waals surface area (Å²) in [6.07, 6.45) is 6.68. The van der Waals surface area contributed by atoms with Crippen molar-refractivity contribution in [1.82, 2.24) is 0 Å². The van der Waals surface area contributed by atoms with E-state index in [0.29, 0.717) is 24.8 Å². The molecule has 5 aliphatic rings. The Morgan fingerprint density at radius 2 is 1.89 bits per heavy atom. The number of hydrogen-bond donors (Lipinski definition) is 4. The van der Waals surface area contributed by atoms with Gasteiger partial charge in [0.05, 0.1) is 23.7 Å². The highest BCUT2D eigenvalue weighted by Gasteiger charge is 2.69. The molecule has 4 N–H and O–H groups in total. The highest BCUT2D eigenvalue weighted by atomic mass is 16.5. The fraction of sp³-hybridized carbons (Fsp3) is 0.786. The lowest BCUT2D eigenvalue weighted by atomic mass is 9.43. The number of esters is 1. The molecule has 3 fully saturated rings. The van der Waals surface area contributed by atoms with Crippen LogP contribution in [0.2, 0.25) is 0 Å². The Morgan fingerprint density at radius 3 is 2.54 bits per heavy atom. The van der Waals surface area contributed by atoms with Crippen molar-refractivity contribution in [1.29, 1.82) is 0 Å². The third kappa shape index (κ3) is 3.30. The number of aliphatic hydroxyl groups is 4. The van der Waals surface area contributed by atoms with Gasteiger partial charge in [0.2, 0.25) is 0 Å². The predicted molar refractivity (Wildman–Crippen MR) is 128 cm³/mol. The predicted octanol–water partition coefficient (Wildman–Crippen LogP) is 2.31. The normalized spacial score (nSPS) is 48.2. The fourth-order valence-corrected chi connectivity index (χ4v) is 9.25. The first-order valence-electron chi connectivity index (χ1n) is 13.3. The van der Waals surface area contributed by atoms with Gasteiger partial charge in [-0.1, -0.05) is 18.6 Å². The van der Waals surface area contributed by atoms with E-state index in [1.54, 1.807) is 12.2 Å². The van der Waals surface area contributed by atoms with Crippen molar-refractivity contribution >= 4 is 11.8 Å². The second-order valence-electron chi connectivity index (χ2n) is 12.4. The van der Waals surface area contributed by atoms with Crippen molar-refractivity contribution in [2.45, 2.75) is 83.5 Å². The molecule has 0 bridgehead atoms. The molecule has 0 aromatic heterocycles. The van der Waals surface area contributed by atoms with E-state index < -0.39 is 29.2 Å². The molecule has 35 heavy (non-hydrogen) atoms. The Balaban J connectivity index is 1.44. The maximum atomic E-state index is 13.2. The average molecular weight is 489 g/mol. The van der Waals surface area contributed by atoms with E-state index in [-0.39, 0.29) is 54.0 Å². The average Bonchev–Trinajstić information content (AvgIpc) is 3.15. The number of aliphatic hydroxyl groups excluding tert-OH is 3. The number of rotatable bonds is 4. The van der Waals surface area contributed by atoms with Crippen LogP contribution >= 0.6 is 0 Å². The van der Waals surface area contributed by atoms with Gasteiger partial charge in [-0.15, -0.1) is 0 Å². The van der Waals surface area contributed by atoms with Crippen LogP contribution in [-0.4, -0.2) is 63.2 Å². The summed E-state index contributed by atoms with van der Waals surface area (Å²) < 4.78 is 5.75. The molecule has 5 rings (SSSR count). The summed E-state index contributed by atoms with van der Waals surface area (Å²) in [7, 11) is 0. The summed E-state index contributed by atoms with van der Waals surface area (Å²) in [5.41, 5.74) is -1.40. The monoisotopic (exact) mass is 488 g/mol. The number of fused-ring (bicyclic) bond motifs is 5. The first-order valence-corrected chi connectivity index (χ1v) is 13.3. The van der Waals surface area contributed by atoms with Gasteiger partial charge in [-0.3, -0.25) is 4.79 Å². The second kappa shape index (κ2) is 8.51. The topological polar surface area (TPSA) is 124 Å². The van der Waals surface area contributed by atoms with Crippen LogP contribution in [0.1, 0.15) is 65.7 Å². The van der Waals surface area contributed by atoms with Gasteiger partial charge < -0.3 is 25.2 Å². The largest absolute Gasteiger partial charge is 0.458 e. The number of allylic oxidation sites excluding steroid dienone is 1. The smallest absolute Gasteiger partial charge is 0.336 e. The Labute approximate surface area is 207 Å². The zero-order valence-corrected chi connectivity index (χ0v) is 21.1. The first kappa shape index (κ1) is 25.1. The SMILES string of the molecule is CC1=C(CO)C(=O)O[C@@H]([C@@H](CO)[C@H]2CCC3[C@@H]4C[C@@H](O)[C@@]5(O)CC=CC(=O)[C@]5(C)[C@H]4CC[C@@]32C)C1. The van der Waals surface area contributed by atoms with E-state index in [1.165, 1.54) is 0 Å². The molecule has 4 aliphatic carbocycles. The maximum absolute atomic E-state index is 13.2. The molecule has 0 spiro atoms. The number of carbonyl (C=O) groups excluding carboxylic acids is 2. The van der Waals surface area contributed by atoms with Crippen molar-refractivity contribution in [3.05, 3.63) is 23.3 Å². The molecule has 0 saturated heterocycles. The standard InChI is InChI=1S/C28H40O7/c1-15-11-22(35-25(33)17(15)13-29)18(14-30)20-7-6-19-16-12-24(32)28(34)9-4-5-23(31)27(28,3)21(16)8-10-26(19,20)2/h4-5,16,18-22,24,29-30,32,34H,6-14H2,1-3H3/t16-,18-,19?,20+,21-,22+,24+,26-,27-,28-/m0/s1. The number of carbonyl (C=O) groups is 2. The molecule has 7 nitrogen and oxygen atoms in total.